The Bertz CT molecular complexity index is 783. The number of rotatable bonds is 2. The molecule has 1 aromatic heterocycles. The normalized spacial score (nSPS) is 28.7. The number of benzene rings is 1. The Morgan fingerprint density at radius 3 is 2.74 bits per heavy atom. The monoisotopic (exact) mass is 310 g/mol. The summed E-state index contributed by atoms with van der Waals surface area (Å²) < 4.78 is 0. The van der Waals surface area contributed by atoms with Crippen LogP contribution in [0.2, 0.25) is 0 Å². The maximum absolute atomic E-state index is 10.0. The van der Waals surface area contributed by atoms with Crippen LogP contribution in [0.4, 0.5) is 5.69 Å². The Labute approximate surface area is 138 Å². The van der Waals surface area contributed by atoms with E-state index >= 15 is 0 Å². The second kappa shape index (κ2) is 4.70. The van der Waals surface area contributed by atoms with E-state index in [2.05, 4.69) is 55.8 Å². The largest absolute Gasteiger partial charge is 0.396 e. The summed E-state index contributed by atoms with van der Waals surface area (Å²) in [5.74, 6) is 0.578. The number of nitrogens with zero attached hydrogens (tertiary/aromatic N) is 2. The molecule has 2 atom stereocenters. The van der Waals surface area contributed by atoms with E-state index in [1.165, 1.54) is 22.2 Å². The topological polar surface area (TPSA) is 36.4 Å². The van der Waals surface area contributed by atoms with Crippen LogP contribution in [0.25, 0.3) is 10.9 Å². The Morgan fingerprint density at radius 1 is 1.30 bits per heavy atom. The molecule has 0 unspecified atom stereocenters. The third-order valence-corrected chi connectivity index (χ3v) is 6.21. The number of pyridine rings is 1. The highest BCUT2D eigenvalue weighted by atomic mass is 16.3. The maximum atomic E-state index is 10.0. The van der Waals surface area contributed by atoms with Gasteiger partial charge in [0.2, 0.25) is 0 Å². The lowest BCUT2D eigenvalue weighted by Crippen LogP contribution is -2.54. The fourth-order valence-corrected chi connectivity index (χ4v) is 5.40. The number of aliphatic hydroxyl groups excluding tert-OH is 1. The van der Waals surface area contributed by atoms with Crippen LogP contribution in [0, 0.1) is 30.6 Å². The number of aliphatic hydroxyl groups is 1. The summed E-state index contributed by atoms with van der Waals surface area (Å²) in [6.45, 7) is 11.3. The van der Waals surface area contributed by atoms with Gasteiger partial charge in [0.15, 0.2) is 0 Å². The first-order chi connectivity index (χ1) is 10.9. The van der Waals surface area contributed by atoms with Gasteiger partial charge in [-0.25, -0.2) is 0 Å². The van der Waals surface area contributed by atoms with Crippen molar-refractivity contribution in [3.05, 3.63) is 35.5 Å². The zero-order valence-corrected chi connectivity index (χ0v) is 14.6. The van der Waals surface area contributed by atoms with Crippen LogP contribution in [-0.2, 0) is 0 Å². The maximum Gasteiger partial charge on any atom is 0.0752 e. The molecule has 1 aliphatic carbocycles. The molecule has 0 radical (unpaired) electrons. The molecule has 0 bridgehead atoms. The first-order valence-corrected chi connectivity index (χ1v) is 8.58. The lowest BCUT2D eigenvalue weighted by molar-refractivity contribution is -0.0974. The van der Waals surface area contributed by atoms with Gasteiger partial charge >= 0.3 is 0 Å². The average molecular weight is 310 g/mol. The Kier molecular flexibility index (Phi) is 3.05. The Balaban J connectivity index is 1.79. The van der Waals surface area contributed by atoms with Crippen LogP contribution in [0.3, 0.4) is 0 Å². The molecule has 3 heteroatoms. The number of anilines is 1. The number of hydrogen-bond acceptors (Lipinski definition) is 3. The van der Waals surface area contributed by atoms with E-state index in [1.54, 1.807) is 0 Å². The molecule has 0 spiro atoms. The van der Waals surface area contributed by atoms with E-state index in [-0.39, 0.29) is 5.41 Å². The molecule has 1 saturated carbocycles. The first-order valence-electron chi connectivity index (χ1n) is 8.58. The van der Waals surface area contributed by atoms with Crippen LogP contribution in [0.5, 0.6) is 0 Å². The molecule has 3 nitrogen and oxygen atoms in total. The lowest BCUT2D eigenvalue weighted by atomic mass is 9.48. The summed E-state index contributed by atoms with van der Waals surface area (Å²) in [4.78, 5) is 7.08. The van der Waals surface area contributed by atoms with E-state index in [0.29, 0.717) is 17.9 Å². The summed E-state index contributed by atoms with van der Waals surface area (Å²) in [6.07, 6.45) is 3.05. The first kappa shape index (κ1) is 14.9. The molecule has 1 aliphatic heterocycles. The van der Waals surface area contributed by atoms with Crippen molar-refractivity contribution in [2.45, 2.75) is 34.1 Å². The van der Waals surface area contributed by atoms with Crippen molar-refractivity contribution < 1.29 is 5.11 Å². The average Bonchev–Trinajstić information content (AvgIpc) is 2.82. The van der Waals surface area contributed by atoms with Crippen molar-refractivity contribution in [1.82, 2.24) is 4.98 Å². The van der Waals surface area contributed by atoms with Gasteiger partial charge in [0.1, 0.15) is 0 Å². The van der Waals surface area contributed by atoms with Gasteiger partial charge in [-0.3, -0.25) is 4.98 Å². The predicted octanol–water partition coefficient (Wildman–Crippen LogP) is 3.70. The van der Waals surface area contributed by atoms with Gasteiger partial charge in [0, 0.05) is 35.8 Å². The van der Waals surface area contributed by atoms with Crippen molar-refractivity contribution in [3.63, 3.8) is 0 Å². The van der Waals surface area contributed by atoms with Gasteiger partial charge in [0.05, 0.1) is 12.1 Å². The van der Waals surface area contributed by atoms with Gasteiger partial charge < -0.3 is 10.0 Å². The number of aryl methyl sites for hydroxylation is 2. The predicted molar refractivity (Wildman–Crippen MR) is 94.8 cm³/mol. The standard InChI is InChI=1S/C20H26N2O/c1-13-7-14(2)18-15(8-13)16(5-6-21-18)22-9-17-19(3,4)10-20(17,11-22)12-23/h5-8,17,23H,9-12H2,1-4H3/t17-,20-/m1/s1. The summed E-state index contributed by atoms with van der Waals surface area (Å²) in [7, 11) is 0. The van der Waals surface area contributed by atoms with Crippen molar-refractivity contribution in [1.29, 1.82) is 0 Å². The van der Waals surface area contributed by atoms with Gasteiger partial charge in [-0.1, -0.05) is 25.5 Å². The molecular formula is C20H26N2O. The number of hydrogen-bond donors (Lipinski definition) is 1. The van der Waals surface area contributed by atoms with E-state index in [9.17, 15) is 5.11 Å². The Morgan fingerprint density at radius 2 is 2.09 bits per heavy atom. The molecule has 1 saturated heterocycles. The van der Waals surface area contributed by atoms with Gasteiger partial charge in [-0.15, -0.1) is 0 Å². The van der Waals surface area contributed by atoms with E-state index < -0.39 is 0 Å². The van der Waals surface area contributed by atoms with E-state index in [0.717, 1.165) is 25.0 Å². The molecule has 1 aromatic carbocycles. The molecule has 4 rings (SSSR count). The van der Waals surface area contributed by atoms with E-state index in [4.69, 9.17) is 0 Å². The highest BCUT2D eigenvalue weighted by Crippen LogP contribution is 2.63. The molecule has 2 fully saturated rings. The molecule has 2 aromatic rings. The van der Waals surface area contributed by atoms with Crippen molar-refractivity contribution >= 4 is 16.6 Å². The second-order valence-corrected chi connectivity index (χ2v) is 8.43. The molecule has 2 aliphatic rings. The fourth-order valence-electron chi connectivity index (χ4n) is 5.40. The number of aromatic nitrogens is 1. The van der Waals surface area contributed by atoms with Crippen LogP contribution in [0.1, 0.15) is 31.4 Å². The molecule has 2 heterocycles. The minimum atomic E-state index is 0.0952. The zero-order valence-electron chi connectivity index (χ0n) is 14.6. The molecular weight excluding hydrogens is 284 g/mol. The summed E-state index contributed by atoms with van der Waals surface area (Å²) in [5, 5.41) is 11.3. The quantitative estimate of drug-likeness (QED) is 0.919. The second-order valence-electron chi connectivity index (χ2n) is 8.43. The summed E-state index contributed by atoms with van der Waals surface area (Å²) in [6, 6.07) is 6.59. The minimum absolute atomic E-state index is 0.0952. The number of fused-ring (bicyclic) bond motifs is 2. The SMILES string of the molecule is Cc1cc(C)c2nccc(N3C[C@@H]4C(C)(C)C[C@]4(CO)C3)c2c1. The smallest absolute Gasteiger partial charge is 0.0752 e. The highest BCUT2D eigenvalue weighted by Gasteiger charge is 2.62. The van der Waals surface area contributed by atoms with Crippen LogP contribution in [0.15, 0.2) is 24.4 Å². The van der Waals surface area contributed by atoms with Gasteiger partial charge in [-0.05, 0) is 49.3 Å². The molecule has 1 N–H and O–H groups in total. The summed E-state index contributed by atoms with van der Waals surface area (Å²) in [5.41, 5.74) is 5.33. The summed E-state index contributed by atoms with van der Waals surface area (Å²) >= 11 is 0. The third-order valence-electron chi connectivity index (χ3n) is 6.21. The van der Waals surface area contributed by atoms with Gasteiger partial charge in [-0.2, -0.15) is 0 Å². The third kappa shape index (κ3) is 2.02. The fraction of sp³-hybridized carbons (Fsp3) is 0.550. The lowest BCUT2D eigenvalue weighted by Gasteiger charge is -2.55. The molecule has 122 valence electrons. The van der Waals surface area contributed by atoms with Crippen LogP contribution < -0.4 is 4.90 Å². The van der Waals surface area contributed by atoms with Crippen LogP contribution >= 0.6 is 0 Å². The van der Waals surface area contributed by atoms with Crippen molar-refractivity contribution in [3.8, 4) is 0 Å². The highest BCUT2D eigenvalue weighted by molar-refractivity contribution is 5.94. The van der Waals surface area contributed by atoms with Crippen molar-refractivity contribution in [2.75, 3.05) is 24.6 Å². The molecule has 0 amide bonds. The van der Waals surface area contributed by atoms with Crippen molar-refractivity contribution in [2.24, 2.45) is 16.7 Å². The zero-order chi connectivity index (χ0) is 16.4. The molecule has 23 heavy (non-hydrogen) atoms. The van der Waals surface area contributed by atoms with Crippen LogP contribution in [-0.4, -0.2) is 29.8 Å². The van der Waals surface area contributed by atoms with Gasteiger partial charge in [0.25, 0.3) is 0 Å². The minimum Gasteiger partial charge on any atom is -0.396 e. The Hall–Kier alpha value is -1.61. The van der Waals surface area contributed by atoms with E-state index in [1.807, 2.05) is 6.20 Å².